The van der Waals surface area contributed by atoms with E-state index in [1.54, 1.807) is 0 Å². The predicted octanol–water partition coefficient (Wildman–Crippen LogP) is 3.60. The molecular formula is C17H27NO5. The summed E-state index contributed by atoms with van der Waals surface area (Å²) in [5.74, 6) is -0.212. The number of ketones is 1. The molecule has 0 bridgehead atoms. The third-order valence-corrected chi connectivity index (χ3v) is 4.38. The fraction of sp³-hybridized carbons (Fsp3) is 0.765. The van der Waals surface area contributed by atoms with Crippen molar-refractivity contribution in [3.05, 3.63) is 21.3 Å². The Labute approximate surface area is 137 Å². The first-order valence-corrected chi connectivity index (χ1v) is 8.44. The number of unbranched alkanes of at least 4 members (excludes halogenated alkanes) is 2. The monoisotopic (exact) mass is 325 g/mol. The molecule has 6 nitrogen and oxygen atoms in total. The SMILES string of the molecule is CCCCC1=C(CC(CCCCC(=O)OC)[N+](=O)[O-])C(=O)CC1. The van der Waals surface area contributed by atoms with Crippen LogP contribution >= 0.6 is 0 Å². The van der Waals surface area contributed by atoms with E-state index in [1.807, 2.05) is 0 Å². The van der Waals surface area contributed by atoms with E-state index < -0.39 is 6.04 Å². The number of carbonyl (C=O) groups excluding carboxylic acids is 2. The highest BCUT2D eigenvalue weighted by atomic mass is 16.6. The Balaban J connectivity index is 2.58. The molecule has 6 heteroatoms. The van der Waals surface area contributed by atoms with Crippen LogP contribution in [0.15, 0.2) is 11.1 Å². The van der Waals surface area contributed by atoms with Crippen LogP contribution in [0.2, 0.25) is 0 Å². The molecule has 0 aromatic rings. The maximum absolute atomic E-state index is 12.0. The Hall–Kier alpha value is -1.72. The molecule has 0 N–H and O–H groups in total. The lowest BCUT2D eigenvalue weighted by atomic mass is 9.96. The van der Waals surface area contributed by atoms with Gasteiger partial charge in [0.2, 0.25) is 6.04 Å². The van der Waals surface area contributed by atoms with Gasteiger partial charge in [0.05, 0.1) is 7.11 Å². The zero-order valence-electron chi connectivity index (χ0n) is 14.1. The number of hydrogen-bond acceptors (Lipinski definition) is 5. The molecule has 0 heterocycles. The molecule has 1 aliphatic carbocycles. The van der Waals surface area contributed by atoms with Crippen LogP contribution in [0, 0.1) is 10.1 Å². The maximum Gasteiger partial charge on any atom is 0.305 e. The molecule has 0 aromatic heterocycles. The molecule has 0 aromatic carbocycles. The number of methoxy groups -OCH3 is 1. The number of hydrogen-bond donors (Lipinski definition) is 0. The Morgan fingerprint density at radius 2 is 2.04 bits per heavy atom. The average molecular weight is 325 g/mol. The van der Waals surface area contributed by atoms with E-state index in [-0.39, 0.29) is 29.5 Å². The smallest absolute Gasteiger partial charge is 0.305 e. The molecule has 0 radical (unpaired) electrons. The van der Waals surface area contributed by atoms with Gasteiger partial charge in [0.1, 0.15) is 0 Å². The number of Topliss-reactive ketones (excluding diaryl/α,β-unsaturated/α-hetero) is 1. The molecule has 0 spiro atoms. The van der Waals surface area contributed by atoms with Crippen molar-refractivity contribution in [3.8, 4) is 0 Å². The second-order valence-electron chi connectivity index (χ2n) is 6.07. The topological polar surface area (TPSA) is 86.5 Å². The number of carbonyl (C=O) groups is 2. The van der Waals surface area contributed by atoms with Crippen molar-refractivity contribution >= 4 is 11.8 Å². The van der Waals surface area contributed by atoms with Gasteiger partial charge < -0.3 is 4.74 Å². The zero-order chi connectivity index (χ0) is 17.2. The quantitative estimate of drug-likeness (QED) is 0.251. The number of allylic oxidation sites excluding steroid dienone is 1. The highest BCUT2D eigenvalue weighted by Crippen LogP contribution is 2.31. The number of nitro groups is 1. The van der Waals surface area contributed by atoms with Crippen molar-refractivity contribution in [2.75, 3.05) is 7.11 Å². The largest absolute Gasteiger partial charge is 0.469 e. The van der Waals surface area contributed by atoms with Gasteiger partial charge in [0.25, 0.3) is 0 Å². The summed E-state index contributed by atoms with van der Waals surface area (Å²) in [6.45, 7) is 2.10. The Morgan fingerprint density at radius 3 is 2.65 bits per heavy atom. The summed E-state index contributed by atoms with van der Waals surface area (Å²) in [6, 6.07) is -0.735. The van der Waals surface area contributed by atoms with E-state index in [4.69, 9.17) is 0 Å². The van der Waals surface area contributed by atoms with Crippen LogP contribution in [0.3, 0.4) is 0 Å². The molecule has 0 fully saturated rings. The van der Waals surface area contributed by atoms with E-state index >= 15 is 0 Å². The highest BCUT2D eigenvalue weighted by Gasteiger charge is 2.29. The molecule has 0 saturated carbocycles. The van der Waals surface area contributed by atoms with Gasteiger partial charge in [-0.1, -0.05) is 18.9 Å². The van der Waals surface area contributed by atoms with Crippen LogP contribution in [-0.4, -0.2) is 29.8 Å². The molecule has 1 unspecified atom stereocenters. The van der Waals surface area contributed by atoms with E-state index in [1.165, 1.54) is 7.11 Å². The van der Waals surface area contributed by atoms with Gasteiger partial charge in [0, 0.05) is 36.2 Å². The molecular weight excluding hydrogens is 298 g/mol. The van der Waals surface area contributed by atoms with E-state index in [0.29, 0.717) is 31.3 Å². The fourth-order valence-corrected chi connectivity index (χ4v) is 2.96. The molecule has 0 saturated heterocycles. The zero-order valence-corrected chi connectivity index (χ0v) is 14.1. The predicted molar refractivity (Wildman–Crippen MR) is 86.7 cm³/mol. The second-order valence-corrected chi connectivity index (χ2v) is 6.07. The van der Waals surface area contributed by atoms with Gasteiger partial charge in [-0.25, -0.2) is 0 Å². The minimum Gasteiger partial charge on any atom is -0.469 e. The van der Waals surface area contributed by atoms with Gasteiger partial charge in [-0.2, -0.15) is 0 Å². The third kappa shape index (κ3) is 6.50. The molecule has 1 atom stereocenters. The van der Waals surface area contributed by atoms with Crippen LogP contribution in [0.1, 0.15) is 71.1 Å². The summed E-state index contributed by atoms with van der Waals surface area (Å²) in [7, 11) is 1.33. The number of ether oxygens (including phenoxy) is 1. The second kappa shape index (κ2) is 10.1. The Kier molecular flexibility index (Phi) is 8.51. The van der Waals surface area contributed by atoms with E-state index in [9.17, 15) is 19.7 Å². The summed E-state index contributed by atoms with van der Waals surface area (Å²) in [4.78, 5) is 34.1. The Morgan fingerprint density at radius 1 is 1.30 bits per heavy atom. The van der Waals surface area contributed by atoms with E-state index in [0.717, 1.165) is 31.3 Å². The van der Waals surface area contributed by atoms with Crippen molar-refractivity contribution in [2.45, 2.75) is 77.2 Å². The Bertz CT molecular complexity index is 470. The van der Waals surface area contributed by atoms with Gasteiger partial charge in [0.15, 0.2) is 5.78 Å². The fourth-order valence-electron chi connectivity index (χ4n) is 2.96. The first kappa shape index (κ1) is 19.3. The lowest BCUT2D eigenvalue weighted by molar-refractivity contribution is -0.522. The minimum atomic E-state index is -0.735. The molecule has 23 heavy (non-hydrogen) atoms. The van der Waals surface area contributed by atoms with Crippen LogP contribution < -0.4 is 0 Å². The van der Waals surface area contributed by atoms with Crippen molar-refractivity contribution in [1.29, 1.82) is 0 Å². The number of nitrogens with zero attached hydrogens (tertiary/aromatic N) is 1. The minimum absolute atomic E-state index is 0.0810. The first-order valence-electron chi connectivity index (χ1n) is 8.44. The third-order valence-electron chi connectivity index (χ3n) is 4.38. The molecule has 0 amide bonds. The van der Waals surface area contributed by atoms with E-state index in [2.05, 4.69) is 11.7 Å². The maximum atomic E-state index is 12.0. The lowest BCUT2D eigenvalue weighted by Crippen LogP contribution is -2.22. The van der Waals surface area contributed by atoms with Gasteiger partial charge in [-0.3, -0.25) is 19.7 Å². The highest BCUT2D eigenvalue weighted by molar-refractivity contribution is 5.98. The van der Waals surface area contributed by atoms with Gasteiger partial charge in [-0.15, -0.1) is 0 Å². The van der Waals surface area contributed by atoms with Crippen molar-refractivity contribution in [3.63, 3.8) is 0 Å². The van der Waals surface area contributed by atoms with Crippen molar-refractivity contribution < 1.29 is 19.2 Å². The van der Waals surface area contributed by atoms with Crippen molar-refractivity contribution in [1.82, 2.24) is 0 Å². The molecule has 130 valence electrons. The lowest BCUT2D eigenvalue weighted by Gasteiger charge is -2.11. The first-order chi connectivity index (χ1) is 11.0. The van der Waals surface area contributed by atoms with Crippen LogP contribution in [-0.2, 0) is 14.3 Å². The van der Waals surface area contributed by atoms with Crippen LogP contribution in [0.4, 0.5) is 0 Å². The van der Waals surface area contributed by atoms with Gasteiger partial charge in [-0.05, 0) is 32.1 Å². The molecule has 0 aliphatic heterocycles. The van der Waals surface area contributed by atoms with Crippen LogP contribution in [0.5, 0.6) is 0 Å². The van der Waals surface area contributed by atoms with Crippen LogP contribution in [0.25, 0.3) is 0 Å². The summed E-state index contributed by atoms with van der Waals surface area (Å²) in [5.41, 5.74) is 1.83. The summed E-state index contributed by atoms with van der Waals surface area (Å²) >= 11 is 0. The number of rotatable bonds is 11. The summed E-state index contributed by atoms with van der Waals surface area (Å²) in [6.07, 6.45) is 6.30. The average Bonchev–Trinajstić information content (AvgIpc) is 2.87. The summed E-state index contributed by atoms with van der Waals surface area (Å²) < 4.78 is 4.55. The molecule has 1 rings (SSSR count). The number of esters is 1. The van der Waals surface area contributed by atoms with Gasteiger partial charge >= 0.3 is 5.97 Å². The normalized spacial score (nSPS) is 15.8. The molecule has 1 aliphatic rings. The summed E-state index contributed by atoms with van der Waals surface area (Å²) in [5, 5.41) is 11.3. The standard InChI is InChI=1S/C17H27NO5/c1-3-4-7-13-10-11-16(19)15(13)12-14(18(21)22)8-5-6-9-17(20)23-2/h14H,3-12H2,1-2H3. The van der Waals surface area contributed by atoms with Crippen molar-refractivity contribution in [2.24, 2.45) is 0 Å².